The van der Waals surface area contributed by atoms with Gasteiger partial charge in [-0.3, -0.25) is 4.79 Å². The Morgan fingerprint density at radius 3 is 2.43 bits per heavy atom. The van der Waals surface area contributed by atoms with Crippen LogP contribution < -0.4 is 0 Å². The number of carbonyl (C=O) groups is 1. The number of carboxylic acids is 1. The molecule has 1 rings (SSSR count). The van der Waals surface area contributed by atoms with E-state index in [-0.39, 0.29) is 5.41 Å². The van der Waals surface area contributed by atoms with Crippen LogP contribution in [0.4, 0.5) is 0 Å². The first kappa shape index (κ1) is 11.3. The molecule has 1 atom stereocenters. The van der Waals surface area contributed by atoms with Gasteiger partial charge in [0.05, 0.1) is 5.41 Å². The molecule has 0 saturated heterocycles. The molecule has 0 aliphatic heterocycles. The third-order valence-electron chi connectivity index (χ3n) is 3.85. The highest BCUT2D eigenvalue weighted by Gasteiger charge is 2.51. The van der Waals surface area contributed by atoms with Crippen molar-refractivity contribution in [3.05, 3.63) is 12.7 Å². The van der Waals surface area contributed by atoms with E-state index in [1.54, 1.807) is 6.08 Å². The maximum absolute atomic E-state index is 11.4. The Morgan fingerprint density at radius 2 is 2.00 bits per heavy atom. The van der Waals surface area contributed by atoms with E-state index in [0.29, 0.717) is 6.42 Å². The number of aliphatic carboxylic acids is 1. The van der Waals surface area contributed by atoms with Crippen LogP contribution in [0.1, 0.15) is 46.0 Å². The molecule has 0 amide bonds. The van der Waals surface area contributed by atoms with Crippen LogP contribution in [0.15, 0.2) is 12.7 Å². The van der Waals surface area contributed by atoms with Gasteiger partial charge in [-0.05, 0) is 24.7 Å². The average Bonchev–Trinajstić information content (AvgIpc) is 2.08. The molecule has 2 heteroatoms. The molecule has 0 aromatic carbocycles. The van der Waals surface area contributed by atoms with Gasteiger partial charge in [-0.15, -0.1) is 6.58 Å². The number of carboxylic acid groups (broad SMARTS) is 1. The average molecular weight is 196 g/mol. The Balaban J connectivity index is 3.03. The van der Waals surface area contributed by atoms with Crippen molar-refractivity contribution in [3.8, 4) is 0 Å². The van der Waals surface area contributed by atoms with Gasteiger partial charge in [0.1, 0.15) is 0 Å². The maximum Gasteiger partial charge on any atom is 0.310 e. The predicted octanol–water partition coefficient (Wildman–Crippen LogP) is 3.23. The third kappa shape index (κ3) is 1.58. The molecule has 0 bridgehead atoms. The van der Waals surface area contributed by atoms with E-state index in [0.717, 1.165) is 25.7 Å². The second-order valence-corrected chi connectivity index (χ2v) is 4.97. The standard InChI is InChI=1S/C12H20O2/c1-4-7-12(10(13)14)9-6-5-8-11(12,2)3/h4H,1,5-9H2,2-3H3,(H,13,14). The topological polar surface area (TPSA) is 37.3 Å². The fourth-order valence-electron chi connectivity index (χ4n) is 2.68. The quantitative estimate of drug-likeness (QED) is 0.703. The highest BCUT2D eigenvalue weighted by atomic mass is 16.4. The molecule has 1 aliphatic carbocycles. The van der Waals surface area contributed by atoms with Crippen LogP contribution >= 0.6 is 0 Å². The normalized spacial score (nSPS) is 31.0. The van der Waals surface area contributed by atoms with E-state index in [1.165, 1.54) is 0 Å². The van der Waals surface area contributed by atoms with Crippen molar-refractivity contribution in [2.75, 3.05) is 0 Å². The molecule has 0 aromatic rings. The van der Waals surface area contributed by atoms with Crippen LogP contribution in [0.25, 0.3) is 0 Å². The molecular formula is C12H20O2. The SMILES string of the molecule is C=CCC1(C(=O)O)CCCCC1(C)C. The first-order valence-electron chi connectivity index (χ1n) is 5.30. The largest absolute Gasteiger partial charge is 0.481 e. The Hall–Kier alpha value is -0.790. The zero-order chi connectivity index (χ0) is 10.8. The van der Waals surface area contributed by atoms with Crippen LogP contribution in [0.5, 0.6) is 0 Å². The molecule has 80 valence electrons. The van der Waals surface area contributed by atoms with E-state index in [9.17, 15) is 9.90 Å². The Labute approximate surface area is 86.0 Å². The minimum atomic E-state index is -0.651. The van der Waals surface area contributed by atoms with E-state index in [4.69, 9.17) is 0 Å². The van der Waals surface area contributed by atoms with E-state index < -0.39 is 11.4 Å². The Bertz CT molecular complexity index is 243. The van der Waals surface area contributed by atoms with Crippen LogP contribution in [0.3, 0.4) is 0 Å². The van der Waals surface area contributed by atoms with E-state index >= 15 is 0 Å². The first-order chi connectivity index (χ1) is 6.46. The zero-order valence-corrected chi connectivity index (χ0v) is 9.18. The predicted molar refractivity (Wildman–Crippen MR) is 57.1 cm³/mol. The Morgan fingerprint density at radius 1 is 1.43 bits per heavy atom. The summed E-state index contributed by atoms with van der Waals surface area (Å²) in [7, 11) is 0. The van der Waals surface area contributed by atoms with Gasteiger partial charge in [0.25, 0.3) is 0 Å². The second-order valence-electron chi connectivity index (χ2n) is 4.97. The van der Waals surface area contributed by atoms with Crippen molar-refractivity contribution in [2.24, 2.45) is 10.8 Å². The highest BCUT2D eigenvalue weighted by molar-refractivity contribution is 5.76. The van der Waals surface area contributed by atoms with Gasteiger partial charge in [0, 0.05) is 0 Å². The van der Waals surface area contributed by atoms with Crippen molar-refractivity contribution in [2.45, 2.75) is 46.0 Å². The first-order valence-corrected chi connectivity index (χ1v) is 5.30. The van der Waals surface area contributed by atoms with Gasteiger partial charge in [-0.1, -0.05) is 32.8 Å². The van der Waals surface area contributed by atoms with Crippen molar-refractivity contribution in [1.29, 1.82) is 0 Å². The lowest BCUT2D eigenvalue weighted by Gasteiger charge is -2.46. The van der Waals surface area contributed by atoms with Gasteiger partial charge in [-0.2, -0.15) is 0 Å². The van der Waals surface area contributed by atoms with Crippen LogP contribution in [-0.2, 0) is 4.79 Å². The van der Waals surface area contributed by atoms with E-state index in [2.05, 4.69) is 20.4 Å². The summed E-state index contributed by atoms with van der Waals surface area (Å²) in [6, 6.07) is 0. The maximum atomic E-state index is 11.4. The molecule has 1 aliphatic rings. The lowest BCUT2D eigenvalue weighted by molar-refractivity contribution is -0.160. The number of hydrogen-bond donors (Lipinski definition) is 1. The minimum Gasteiger partial charge on any atom is -0.481 e. The lowest BCUT2D eigenvalue weighted by atomic mass is 9.56. The number of hydrogen-bond acceptors (Lipinski definition) is 1. The van der Waals surface area contributed by atoms with Gasteiger partial charge in [-0.25, -0.2) is 0 Å². The summed E-state index contributed by atoms with van der Waals surface area (Å²) in [6.45, 7) is 7.83. The smallest absolute Gasteiger partial charge is 0.310 e. The number of allylic oxidation sites excluding steroid dienone is 1. The highest BCUT2D eigenvalue weighted by Crippen LogP contribution is 2.52. The molecule has 0 heterocycles. The molecule has 0 spiro atoms. The molecule has 2 nitrogen and oxygen atoms in total. The summed E-state index contributed by atoms with van der Waals surface area (Å²) < 4.78 is 0. The van der Waals surface area contributed by atoms with Crippen LogP contribution in [-0.4, -0.2) is 11.1 Å². The summed E-state index contributed by atoms with van der Waals surface area (Å²) >= 11 is 0. The second kappa shape index (κ2) is 3.76. The molecule has 0 radical (unpaired) electrons. The number of rotatable bonds is 3. The van der Waals surface area contributed by atoms with Crippen LogP contribution in [0.2, 0.25) is 0 Å². The summed E-state index contributed by atoms with van der Waals surface area (Å²) in [6.07, 6.45) is 6.33. The summed E-state index contributed by atoms with van der Waals surface area (Å²) in [4.78, 5) is 11.4. The van der Waals surface area contributed by atoms with Crippen LogP contribution in [0, 0.1) is 10.8 Å². The summed E-state index contributed by atoms with van der Waals surface area (Å²) in [5.41, 5.74) is -0.682. The van der Waals surface area contributed by atoms with Crippen molar-refractivity contribution < 1.29 is 9.90 Å². The third-order valence-corrected chi connectivity index (χ3v) is 3.85. The van der Waals surface area contributed by atoms with E-state index in [1.807, 2.05) is 0 Å². The van der Waals surface area contributed by atoms with Gasteiger partial charge >= 0.3 is 5.97 Å². The van der Waals surface area contributed by atoms with Gasteiger partial charge in [0.2, 0.25) is 0 Å². The zero-order valence-electron chi connectivity index (χ0n) is 9.18. The monoisotopic (exact) mass is 196 g/mol. The molecule has 0 aromatic heterocycles. The minimum absolute atomic E-state index is 0.106. The molecule has 1 saturated carbocycles. The summed E-state index contributed by atoms with van der Waals surface area (Å²) in [5, 5.41) is 9.41. The molecule has 1 unspecified atom stereocenters. The fraction of sp³-hybridized carbons (Fsp3) is 0.750. The van der Waals surface area contributed by atoms with Gasteiger partial charge < -0.3 is 5.11 Å². The van der Waals surface area contributed by atoms with Crippen molar-refractivity contribution in [3.63, 3.8) is 0 Å². The lowest BCUT2D eigenvalue weighted by Crippen LogP contribution is -2.46. The van der Waals surface area contributed by atoms with Gasteiger partial charge in [0.15, 0.2) is 0 Å². The van der Waals surface area contributed by atoms with Crippen molar-refractivity contribution >= 4 is 5.97 Å². The fourth-order valence-corrected chi connectivity index (χ4v) is 2.68. The molecule has 1 N–H and O–H groups in total. The molecule has 1 fully saturated rings. The molecule has 14 heavy (non-hydrogen) atoms. The molecular weight excluding hydrogens is 176 g/mol. The Kier molecular flexibility index (Phi) is 3.03. The van der Waals surface area contributed by atoms with Crippen molar-refractivity contribution in [1.82, 2.24) is 0 Å². The summed E-state index contributed by atoms with van der Waals surface area (Å²) in [5.74, 6) is -0.651.